The molecule has 2 aliphatic rings. The van der Waals surface area contributed by atoms with E-state index in [9.17, 15) is 27.6 Å². The van der Waals surface area contributed by atoms with E-state index in [1.54, 1.807) is 41.9 Å². The molecule has 2 aliphatic heterocycles. The number of hydrogen-bond acceptors (Lipinski definition) is 6. The third kappa shape index (κ3) is 7.33. The number of ether oxygens (including phenoxy) is 1. The lowest BCUT2D eigenvalue weighted by Crippen LogP contribution is -2.55. The van der Waals surface area contributed by atoms with Crippen LogP contribution in [0.2, 0.25) is 0 Å². The lowest BCUT2D eigenvalue weighted by molar-refractivity contribution is -0.137. The molecular weight excluding hydrogens is 649 g/mol. The molecule has 6 rings (SSSR count). The predicted octanol–water partition coefficient (Wildman–Crippen LogP) is 5.32. The van der Waals surface area contributed by atoms with Gasteiger partial charge in [-0.2, -0.15) is 18.3 Å². The molecule has 3 amide bonds. The second-order valence-corrected chi connectivity index (χ2v) is 12.1. The zero-order valence-corrected chi connectivity index (χ0v) is 27.6. The Bertz CT molecular complexity index is 1900. The van der Waals surface area contributed by atoms with Gasteiger partial charge in [-0.1, -0.05) is 42.5 Å². The number of anilines is 2. The van der Waals surface area contributed by atoms with Gasteiger partial charge in [-0.3, -0.25) is 24.2 Å². The highest BCUT2D eigenvalue weighted by molar-refractivity contribution is 6.05. The summed E-state index contributed by atoms with van der Waals surface area (Å²) in [6, 6.07) is 19.2. The monoisotopic (exact) mass is 686 g/mol. The lowest BCUT2D eigenvalue weighted by atomic mass is 9.81. The Morgan fingerprint density at radius 2 is 1.74 bits per heavy atom. The van der Waals surface area contributed by atoms with Crippen molar-refractivity contribution in [2.24, 2.45) is 0 Å². The number of amides is 3. The van der Waals surface area contributed by atoms with E-state index in [1.807, 2.05) is 37.3 Å². The minimum atomic E-state index is -4.65. The first-order valence-electron chi connectivity index (χ1n) is 16.4. The first kappa shape index (κ1) is 34.6. The lowest BCUT2D eigenvalue weighted by Gasteiger charge is -2.38. The van der Waals surface area contributed by atoms with Crippen molar-refractivity contribution in [2.75, 3.05) is 49.6 Å². The molecule has 0 bridgehead atoms. The number of hydrogen-bond donors (Lipinski definition) is 2. The third-order valence-electron chi connectivity index (χ3n) is 8.82. The van der Waals surface area contributed by atoms with Crippen molar-refractivity contribution < 1.29 is 32.3 Å². The number of nitrogens with one attached hydrogen (secondary N) is 2. The van der Waals surface area contributed by atoms with Crippen molar-refractivity contribution in [1.82, 2.24) is 20.0 Å². The molecule has 2 N–H and O–H groups in total. The van der Waals surface area contributed by atoms with Crippen molar-refractivity contribution >= 4 is 29.2 Å². The van der Waals surface area contributed by atoms with E-state index >= 15 is 0 Å². The minimum absolute atomic E-state index is 0.234. The maximum atomic E-state index is 14.4. The molecule has 50 heavy (non-hydrogen) atoms. The van der Waals surface area contributed by atoms with Crippen LogP contribution in [0.5, 0.6) is 0 Å². The molecule has 2 atom stereocenters. The summed E-state index contributed by atoms with van der Waals surface area (Å²) < 4.78 is 47.6. The molecule has 0 unspecified atom stereocenters. The van der Waals surface area contributed by atoms with Crippen molar-refractivity contribution in [3.05, 3.63) is 119 Å². The first-order valence-corrected chi connectivity index (χ1v) is 16.4. The molecule has 0 radical (unpaired) electrons. The Balaban J connectivity index is 1.38. The number of likely N-dealkylation sites (N-methyl/N-ethyl adjacent to an activating group) is 1. The summed E-state index contributed by atoms with van der Waals surface area (Å²) in [7, 11) is 0. The fourth-order valence-corrected chi connectivity index (χ4v) is 6.44. The Labute approximate surface area is 287 Å². The van der Waals surface area contributed by atoms with Gasteiger partial charge in [-0.05, 0) is 61.9 Å². The number of carbonyl (C=O) groups excluding carboxylic acids is 3. The van der Waals surface area contributed by atoms with Gasteiger partial charge in [0.2, 0.25) is 5.91 Å². The molecular formula is C37H37F3N6O4. The summed E-state index contributed by atoms with van der Waals surface area (Å²) in [6.07, 6.45) is -1.40. The Morgan fingerprint density at radius 1 is 1.00 bits per heavy atom. The number of para-hydroxylation sites is 1. The summed E-state index contributed by atoms with van der Waals surface area (Å²) in [5.41, 5.74) is 1.83. The molecule has 0 aliphatic carbocycles. The number of aryl methyl sites for hydroxylation is 1. The molecule has 0 spiro atoms. The van der Waals surface area contributed by atoms with Crippen LogP contribution in [0.15, 0.2) is 91.0 Å². The van der Waals surface area contributed by atoms with Gasteiger partial charge in [0, 0.05) is 55.0 Å². The number of fused-ring (bicyclic) bond motifs is 1. The predicted molar refractivity (Wildman–Crippen MR) is 182 cm³/mol. The van der Waals surface area contributed by atoms with Crippen LogP contribution in [0, 0.1) is 6.92 Å². The summed E-state index contributed by atoms with van der Waals surface area (Å²) in [5, 5.41) is 10.5. The third-order valence-corrected chi connectivity index (χ3v) is 8.82. The summed E-state index contributed by atoms with van der Waals surface area (Å²) >= 11 is 0. The summed E-state index contributed by atoms with van der Waals surface area (Å²) in [6.45, 7) is 7.34. The maximum absolute atomic E-state index is 14.4. The van der Waals surface area contributed by atoms with Gasteiger partial charge < -0.3 is 15.4 Å². The highest BCUT2D eigenvalue weighted by Crippen LogP contribution is 2.44. The highest BCUT2D eigenvalue weighted by Gasteiger charge is 2.45. The van der Waals surface area contributed by atoms with Crippen LogP contribution in [-0.2, 0) is 20.5 Å². The second-order valence-electron chi connectivity index (χ2n) is 12.1. The fourth-order valence-electron chi connectivity index (χ4n) is 6.44. The molecule has 3 heterocycles. The van der Waals surface area contributed by atoms with E-state index in [1.165, 1.54) is 17.0 Å². The minimum Gasteiger partial charge on any atom is -0.379 e. The van der Waals surface area contributed by atoms with E-state index in [0.29, 0.717) is 48.1 Å². The smallest absolute Gasteiger partial charge is 0.379 e. The van der Waals surface area contributed by atoms with Gasteiger partial charge in [0.25, 0.3) is 11.8 Å². The van der Waals surface area contributed by atoms with Crippen molar-refractivity contribution in [2.45, 2.75) is 32.0 Å². The van der Waals surface area contributed by atoms with E-state index in [0.717, 1.165) is 37.0 Å². The van der Waals surface area contributed by atoms with Gasteiger partial charge in [-0.25, -0.2) is 4.68 Å². The van der Waals surface area contributed by atoms with E-state index < -0.39 is 35.5 Å². The number of morpholine rings is 1. The van der Waals surface area contributed by atoms with Crippen LogP contribution in [-0.4, -0.2) is 77.8 Å². The average molecular weight is 687 g/mol. The van der Waals surface area contributed by atoms with Gasteiger partial charge in [-0.15, -0.1) is 0 Å². The first-order chi connectivity index (χ1) is 24.0. The summed E-state index contributed by atoms with van der Waals surface area (Å²) in [5.74, 6) is -1.90. The van der Waals surface area contributed by atoms with Crippen LogP contribution >= 0.6 is 0 Å². The number of alkyl halides is 3. The molecule has 0 saturated carbocycles. The van der Waals surface area contributed by atoms with E-state index in [4.69, 9.17) is 9.84 Å². The Hall–Kier alpha value is -5.27. The number of rotatable bonds is 9. The normalized spacial score (nSPS) is 18.3. The second kappa shape index (κ2) is 14.7. The van der Waals surface area contributed by atoms with Crippen molar-refractivity contribution in [3.8, 4) is 5.69 Å². The number of halogens is 3. The largest absolute Gasteiger partial charge is 0.416 e. The average Bonchev–Trinajstić information content (AvgIpc) is 3.45. The summed E-state index contributed by atoms with van der Waals surface area (Å²) in [4.78, 5) is 44.6. The topological polar surface area (TPSA) is 109 Å². The molecule has 1 fully saturated rings. The zero-order chi connectivity index (χ0) is 35.4. The van der Waals surface area contributed by atoms with Crippen LogP contribution in [0.3, 0.4) is 0 Å². The van der Waals surface area contributed by atoms with Gasteiger partial charge in [0.05, 0.1) is 30.2 Å². The zero-order valence-electron chi connectivity index (χ0n) is 27.6. The van der Waals surface area contributed by atoms with Crippen molar-refractivity contribution in [3.63, 3.8) is 0 Å². The molecule has 1 saturated heterocycles. The maximum Gasteiger partial charge on any atom is 0.416 e. The van der Waals surface area contributed by atoms with E-state index in [-0.39, 0.29) is 18.0 Å². The van der Waals surface area contributed by atoms with Crippen molar-refractivity contribution in [1.29, 1.82) is 0 Å². The van der Waals surface area contributed by atoms with Gasteiger partial charge in [0.15, 0.2) is 0 Å². The Morgan fingerprint density at radius 3 is 2.46 bits per heavy atom. The SMILES string of the molecule is CCN1C(=O)[C@H](NC(=O)c2cccc(C(F)(F)F)c2)[C@@H](c2cccc(NC(=O)/C=C/CN3CCOCC3)c2)c2c(C)nn(-c3ccccc3)c21. The fraction of sp³-hybridized carbons (Fsp3) is 0.297. The van der Waals surface area contributed by atoms with Crippen LogP contribution in [0.1, 0.15) is 45.6 Å². The van der Waals surface area contributed by atoms with Crippen LogP contribution < -0.4 is 15.5 Å². The standard InChI is InChI=1S/C37H37F3N6O4/c1-3-45-35-31(24(2)43-46(35)29-14-5-4-6-15-29)32(33(36(45)49)42-34(48)26-11-7-12-27(22-26)37(38,39)40)25-10-8-13-28(23-25)41-30(47)16-9-17-44-18-20-50-21-19-44/h4-16,22-23,32-33H,3,17-21H2,1-2H3,(H,41,47)(H,42,48)/b16-9+/t32-,33+/m0/s1. The number of carbonyl (C=O) groups is 3. The quantitative estimate of drug-likeness (QED) is 0.231. The Kier molecular flexibility index (Phi) is 10.2. The van der Waals surface area contributed by atoms with E-state index in [2.05, 4.69) is 15.5 Å². The number of aromatic nitrogens is 2. The molecule has 260 valence electrons. The number of benzene rings is 3. The molecule has 10 nitrogen and oxygen atoms in total. The molecule has 3 aromatic carbocycles. The number of nitrogens with zero attached hydrogens (tertiary/aromatic N) is 4. The molecule has 13 heteroatoms. The van der Waals surface area contributed by atoms with Gasteiger partial charge >= 0.3 is 6.18 Å². The van der Waals surface area contributed by atoms with Gasteiger partial charge in [0.1, 0.15) is 11.9 Å². The van der Waals surface area contributed by atoms with Crippen LogP contribution in [0.4, 0.5) is 24.7 Å². The molecule has 4 aromatic rings. The molecule has 1 aromatic heterocycles. The highest BCUT2D eigenvalue weighted by atomic mass is 19.4. The van der Waals surface area contributed by atoms with Crippen LogP contribution in [0.25, 0.3) is 5.69 Å².